The molecular weight excluding hydrogens is 368 g/mol. The molecule has 27 heavy (non-hydrogen) atoms. The summed E-state index contributed by atoms with van der Waals surface area (Å²) in [5, 5.41) is 19.7. The standard InChI is InChI=1S/C18H18N4O4S/c1-26-16-6-4-15(5-7-16)22-18(23)14(10-19)12-21-11-13-2-8-17(9-3-13)27(20,24)25/h2-9,12,21H,11H2,1H3,(H,22,23)(H2,20,24,25)/b14-12-. The molecule has 8 nitrogen and oxygen atoms in total. The molecule has 4 N–H and O–H groups in total. The quantitative estimate of drug-likeness (QED) is 0.487. The highest BCUT2D eigenvalue weighted by atomic mass is 32.2. The van der Waals surface area contributed by atoms with E-state index >= 15 is 0 Å². The Bertz CT molecular complexity index is 976. The molecule has 0 unspecified atom stereocenters. The number of sulfonamides is 1. The molecule has 1 amide bonds. The number of anilines is 1. The number of benzene rings is 2. The third-order valence-corrected chi connectivity index (χ3v) is 4.45. The summed E-state index contributed by atoms with van der Waals surface area (Å²) >= 11 is 0. The van der Waals surface area contributed by atoms with E-state index in [9.17, 15) is 13.2 Å². The van der Waals surface area contributed by atoms with E-state index in [-0.39, 0.29) is 10.5 Å². The predicted molar refractivity (Wildman–Crippen MR) is 100.0 cm³/mol. The van der Waals surface area contributed by atoms with Gasteiger partial charge in [0.15, 0.2) is 0 Å². The van der Waals surface area contributed by atoms with Crippen LogP contribution in [0.5, 0.6) is 5.75 Å². The van der Waals surface area contributed by atoms with Crippen molar-refractivity contribution < 1.29 is 17.9 Å². The van der Waals surface area contributed by atoms with Crippen LogP contribution in [0, 0.1) is 11.3 Å². The number of primary sulfonamides is 1. The maximum absolute atomic E-state index is 12.1. The van der Waals surface area contributed by atoms with E-state index in [1.54, 1.807) is 36.4 Å². The van der Waals surface area contributed by atoms with Gasteiger partial charge in [-0.25, -0.2) is 13.6 Å². The van der Waals surface area contributed by atoms with Crippen LogP contribution in [0.4, 0.5) is 5.69 Å². The normalized spacial score (nSPS) is 11.4. The topological polar surface area (TPSA) is 134 Å². The fourth-order valence-electron chi connectivity index (χ4n) is 2.09. The maximum atomic E-state index is 12.1. The summed E-state index contributed by atoms with van der Waals surface area (Å²) < 4.78 is 27.5. The third-order valence-electron chi connectivity index (χ3n) is 3.52. The Balaban J connectivity index is 1.96. The van der Waals surface area contributed by atoms with Crippen molar-refractivity contribution in [3.63, 3.8) is 0 Å². The zero-order chi connectivity index (χ0) is 19.9. The molecular formula is C18H18N4O4S. The average molecular weight is 386 g/mol. The minimum atomic E-state index is -3.74. The lowest BCUT2D eigenvalue weighted by Gasteiger charge is -2.06. The molecule has 0 saturated heterocycles. The largest absolute Gasteiger partial charge is 0.497 e. The second kappa shape index (κ2) is 8.84. The Morgan fingerprint density at radius 2 is 1.81 bits per heavy atom. The molecule has 2 aromatic carbocycles. The average Bonchev–Trinajstić information content (AvgIpc) is 2.65. The lowest BCUT2D eigenvalue weighted by molar-refractivity contribution is -0.112. The lowest BCUT2D eigenvalue weighted by atomic mass is 10.2. The molecule has 0 heterocycles. The van der Waals surface area contributed by atoms with Gasteiger partial charge in [-0.15, -0.1) is 0 Å². The van der Waals surface area contributed by atoms with E-state index in [1.807, 2.05) is 6.07 Å². The molecule has 0 aliphatic rings. The zero-order valence-electron chi connectivity index (χ0n) is 14.5. The van der Waals surface area contributed by atoms with Gasteiger partial charge in [0.25, 0.3) is 5.91 Å². The van der Waals surface area contributed by atoms with Gasteiger partial charge in [0.05, 0.1) is 12.0 Å². The SMILES string of the molecule is COc1ccc(NC(=O)/C(C#N)=C\NCc2ccc(S(N)(=O)=O)cc2)cc1. The van der Waals surface area contributed by atoms with E-state index < -0.39 is 15.9 Å². The van der Waals surface area contributed by atoms with Gasteiger partial charge in [-0.3, -0.25) is 4.79 Å². The monoisotopic (exact) mass is 386 g/mol. The molecule has 2 aromatic rings. The lowest BCUT2D eigenvalue weighted by Crippen LogP contribution is -2.16. The molecule has 0 aromatic heterocycles. The van der Waals surface area contributed by atoms with Crippen molar-refractivity contribution in [3.05, 3.63) is 65.9 Å². The molecule has 0 fully saturated rings. The molecule has 140 valence electrons. The number of nitrogens with one attached hydrogen (secondary N) is 2. The number of methoxy groups -OCH3 is 1. The number of nitrogens with two attached hydrogens (primary N) is 1. The predicted octanol–water partition coefficient (Wildman–Crippen LogP) is 1.48. The van der Waals surface area contributed by atoms with E-state index in [0.29, 0.717) is 18.0 Å². The van der Waals surface area contributed by atoms with Crippen LogP contribution in [-0.2, 0) is 21.4 Å². The second-order valence-electron chi connectivity index (χ2n) is 5.42. The van der Waals surface area contributed by atoms with E-state index in [1.165, 1.54) is 25.4 Å². The molecule has 0 bridgehead atoms. The Morgan fingerprint density at radius 3 is 2.33 bits per heavy atom. The summed E-state index contributed by atoms with van der Waals surface area (Å²) in [6, 6.07) is 14.5. The fraction of sp³-hybridized carbons (Fsp3) is 0.111. The number of hydrogen-bond donors (Lipinski definition) is 3. The van der Waals surface area contributed by atoms with Crippen molar-refractivity contribution >= 4 is 21.6 Å². The zero-order valence-corrected chi connectivity index (χ0v) is 15.3. The van der Waals surface area contributed by atoms with Crippen LogP contribution in [0.1, 0.15) is 5.56 Å². The summed E-state index contributed by atoms with van der Waals surface area (Å²) in [5.41, 5.74) is 1.18. The number of carbonyl (C=O) groups excluding carboxylic acids is 1. The number of amides is 1. The summed E-state index contributed by atoms with van der Waals surface area (Å²) in [6.07, 6.45) is 1.30. The molecule has 0 atom stereocenters. The number of nitriles is 1. The van der Waals surface area contributed by atoms with Crippen molar-refractivity contribution in [2.75, 3.05) is 12.4 Å². The smallest absolute Gasteiger partial charge is 0.267 e. The van der Waals surface area contributed by atoms with Gasteiger partial charge >= 0.3 is 0 Å². The van der Waals surface area contributed by atoms with Crippen molar-refractivity contribution in [2.45, 2.75) is 11.4 Å². The Hall–Kier alpha value is -3.35. The molecule has 0 aliphatic carbocycles. The van der Waals surface area contributed by atoms with Gasteiger partial charge in [0.2, 0.25) is 10.0 Å². The molecule has 9 heteroatoms. The molecule has 0 radical (unpaired) electrons. The summed E-state index contributed by atoms with van der Waals surface area (Å²) in [7, 11) is -2.20. The van der Waals surface area contributed by atoms with Gasteiger partial charge in [-0.05, 0) is 42.0 Å². The first-order valence-electron chi connectivity index (χ1n) is 7.74. The van der Waals surface area contributed by atoms with Crippen LogP contribution in [0.15, 0.2) is 65.2 Å². The van der Waals surface area contributed by atoms with Gasteiger partial charge in [0, 0.05) is 18.4 Å². The van der Waals surface area contributed by atoms with Crippen LogP contribution < -0.4 is 20.5 Å². The van der Waals surface area contributed by atoms with E-state index in [0.717, 1.165) is 5.56 Å². The van der Waals surface area contributed by atoms with Gasteiger partial charge in [-0.1, -0.05) is 12.1 Å². The van der Waals surface area contributed by atoms with Crippen LogP contribution in [-0.4, -0.2) is 21.4 Å². The third kappa shape index (κ3) is 5.85. The van der Waals surface area contributed by atoms with Crippen molar-refractivity contribution in [1.29, 1.82) is 5.26 Å². The van der Waals surface area contributed by atoms with Crippen LogP contribution in [0.3, 0.4) is 0 Å². The highest BCUT2D eigenvalue weighted by Gasteiger charge is 2.10. The van der Waals surface area contributed by atoms with Gasteiger partial charge in [0.1, 0.15) is 17.4 Å². The number of hydrogen-bond acceptors (Lipinski definition) is 6. The number of carbonyl (C=O) groups is 1. The van der Waals surface area contributed by atoms with Crippen molar-refractivity contribution in [2.24, 2.45) is 5.14 Å². The Morgan fingerprint density at radius 1 is 1.19 bits per heavy atom. The first kappa shape index (κ1) is 20.0. The molecule has 0 saturated carbocycles. The summed E-state index contributed by atoms with van der Waals surface area (Å²) in [5.74, 6) is 0.0962. The number of ether oxygens (including phenoxy) is 1. The first-order valence-corrected chi connectivity index (χ1v) is 9.29. The molecule has 0 spiro atoms. The number of nitrogens with zero attached hydrogens (tertiary/aromatic N) is 1. The molecule has 2 rings (SSSR count). The summed E-state index contributed by atoms with van der Waals surface area (Å²) in [6.45, 7) is 0.298. The second-order valence-corrected chi connectivity index (χ2v) is 6.98. The number of rotatable bonds is 7. The van der Waals surface area contributed by atoms with Crippen molar-refractivity contribution in [3.8, 4) is 11.8 Å². The van der Waals surface area contributed by atoms with Gasteiger partial charge < -0.3 is 15.4 Å². The minimum Gasteiger partial charge on any atom is -0.497 e. The van der Waals surface area contributed by atoms with Crippen molar-refractivity contribution in [1.82, 2.24) is 5.32 Å². The van der Waals surface area contributed by atoms with Crippen LogP contribution in [0.25, 0.3) is 0 Å². The van der Waals surface area contributed by atoms with Crippen LogP contribution >= 0.6 is 0 Å². The highest BCUT2D eigenvalue weighted by Crippen LogP contribution is 2.15. The molecule has 0 aliphatic heterocycles. The summed E-state index contributed by atoms with van der Waals surface area (Å²) in [4.78, 5) is 12.2. The van der Waals surface area contributed by atoms with Crippen LogP contribution in [0.2, 0.25) is 0 Å². The van der Waals surface area contributed by atoms with E-state index in [2.05, 4.69) is 10.6 Å². The fourth-order valence-corrected chi connectivity index (χ4v) is 2.60. The Labute approximate surface area is 157 Å². The first-order chi connectivity index (χ1) is 12.8. The Kier molecular flexibility index (Phi) is 6.54. The van der Waals surface area contributed by atoms with Gasteiger partial charge in [-0.2, -0.15) is 5.26 Å². The maximum Gasteiger partial charge on any atom is 0.267 e. The van der Waals surface area contributed by atoms with E-state index in [4.69, 9.17) is 15.1 Å². The highest BCUT2D eigenvalue weighted by molar-refractivity contribution is 7.89. The minimum absolute atomic E-state index is 0.0124.